The summed E-state index contributed by atoms with van der Waals surface area (Å²) in [5.41, 5.74) is 3.91. The van der Waals surface area contributed by atoms with Crippen LogP contribution in [-0.4, -0.2) is 17.3 Å². The third kappa shape index (κ3) is 2.70. The van der Waals surface area contributed by atoms with Gasteiger partial charge in [0.1, 0.15) is 5.75 Å². The number of halogens is 1. The number of methoxy groups -OCH3 is 1. The first-order valence-electron chi connectivity index (χ1n) is 6.83. The summed E-state index contributed by atoms with van der Waals surface area (Å²) in [6, 6.07) is 11.4. The molecule has 112 valence electrons. The summed E-state index contributed by atoms with van der Waals surface area (Å²) in [6.07, 6.45) is 0. The third-order valence-electron chi connectivity index (χ3n) is 3.44. The van der Waals surface area contributed by atoms with Gasteiger partial charge in [0, 0.05) is 10.6 Å². The molecular formula is C17H15ClN2O2. The Labute approximate surface area is 133 Å². The fraction of sp³-hybridized carbons (Fsp3) is 0.176. The predicted molar refractivity (Wildman–Crippen MR) is 86.2 cm³/mol. The minimum atomic E-state index is 0.453. The molecule has 0 aliphatic rings. The van der Waals surface area contributed by atoms with Gasteiger partial charge in [-0.2, -0.15) is 4.98 Å². The van der Waals surface area contributed by atoms with Crippen molar-refractivity contribution >= 4 is 11.6 Å². The van der Waals surface area contributed by atoms with Crippen molar-refractivity contribution in [1.29, 1.82) is 0 Å². The van der Waals surface area contributed by atoms with E-state index in [0.29, 0.717) is 28.1 Å². The van der Waals surface area contributed by atoms with E-state index in [4.69, 9.17) is 20.9 Å². The smallest absolute Gasteiger partial charge is 0.258 e. The number of hydrogen-bond acceptors (Lipinski definition) is 4. The van der Waals surface area contributed by atoms with Gasteiger partial charge in [0.25, 0.3) is 5.89 Å². The molecule has 0 fully saturated rings. The van der Waals surface area contributed by atoms with Crippen LogP contribution < -0.4 is 4.74 Å². The molecule has 0 radical (unpaired) electrons. The van der Waals surface area contributed by atoms with Gasteiger partial charge in [-0.15, -0.1) is 0 Å². The molecule has 1 aromatic heterocycles. The second-order valence-corrected chi connectivity index (χ2v) is 5.52. The maximum absolute atomic E-state index is 6.05. The van der Waals surface area contributed by atoms with Crippen molar-refractivity contribution in [2.75, 3.05) is 7.11 Å². The molecule has 3 rings (SSSR count). The summed E-state index contributed by atoms with van der Waals surface area (Å²) >= 11 is 6.05. The zero-order valence-corrected chi connectivity index (χ0v) is 13.3. The van der Waals surface area contributed by atoms with Crippen molar-refractivity contribution in [2.45, 2.75) is 13.8 Å². The lowest BCUT2D eigenvalue weighted by Crippen LogP contribution is -1.90. The molecule has 4 nitrogen and oxygen atoms in total. The topological polar surface area (TPSA) is 48.2 Å². The van der Waals surface area contributed by atoms with E-state index in [9.17, 15) is 0 Å². The van der Waals surface area contributed by atoms with Crippen LogP contribution in [0.1, 0.15) is 11.1 Å². The fourth-order valence-corrected chi connectivity index (χ4v) is 2.52. The molecule has 0 amide bonds. The number of rotatable bonds is 3. The van der Waals surface area contributed by atoms with E-state index >= 15 is 0 Å². The van der Waals surface area contributed by atoms with Crippen molar-refractivity contribution in [3.8, 4) is 28.6 Å². The van der Waals surface area contributed by atoms with Crippen LogP contribution in [0.4, 0.5) is 0 Å². The molecule has 0 N–H and O–H groups in total. The molecule has 0 spiro atoms. The standard InChI is InChI=1S/C17H15ClN2O2/c1-10-4-6-13(11(2)8-10)17-19-16(20-22-17)14-9-12(18)5-7-15(14)21-3/h4-9H,1-3H3. The average Bonchev–Trinajstić information content (AvgIpc) is 2.96. The molecule has 0 saturated carbocycles. The van der Waals surface area contributed by atoms with E-state index in [1.807, 2.05) is 26.0 Å². The predicted octanol–water partition coefficient (Wildman–Crippen LogP) is 4.68. The molecular weight excluding hydrogens is 300 g/mol. The quantitative estimate of drug-likeness (QED) is 0.704. The van der Waals surface area contributed by atoms with Gasteiger partial charge in [0.2, 0.25) is 5.82 Å². The average molecular weight is 315 g/mol. The van der Waals surface area contributed by atoms with E-state index in [0.717, 1.165) is 11.1 Å². The molecule has 5 heteroatoms. The molecule has 3 aromatic rings. The summed E-state index contributed by atoms with van der Waals surface area (Å²) < 4.78 is 10.7. The van der Waals surface area contributed by atoms with Crippen LogP contribution in [0.5, 0.6) is 5.75 Å². The molecule has 0 aliphatic heterocycles. The SMILES string of the molecule is COc1ccc(Cl)cc1-c1noc(-c2ccc(C)cc2C)n1. The molecule has 0 atom stereocenters. The van der Waals surface area contributed by atoms with E-state index in [1.165, 1.54) is 5.56 Å². The van der Waals surface area contributed by atoms with Gasteiger partial charge < -0.3 is 9.26 Å². The number of ether oxygens (including phenoxy) is 1. The first kappa shape index (κ1) is 14.6. The largest absolute Gasteiger partial charge is 0.496 e. The van der Waals surface area contributed by atoms with Gasteiger partial charge in [0.15, 0.2) is 0 Å². The lowest BCUT2D eigenvalue weighted by Gasteiger charge is -2.04. The van der Waals surface area contributed by atoms with Crippen molar-refractivity contribution < 1.29 is 9.26 Å². The third-order valence-corrected chi connectivity index (χ3v) is 3.68. The Morgan fingerprint density at radius 3 is 2.59 bits per heavy atom. The summed E-state index contributed by atoms with van der Waals surface area (Å²) in [7, 11) is 1.60. The lowest BCUT2D eigenvalue weighted by atomic mass is 10.1. The van der Waals surface area contributed by atoms with Gasteiger partial charge in [0.05, 0.1) is 12.7 Å². The highest BCUT2D eigenvalue weighted by Crippen LogP contribution is 2.32. The number of nitrogens with zero attached hydrogens (tertiary/aromatic N) is 2. The highest BCUT2D eigenvalue weighted by Gasteiger charge is 2.16. The minimum absolute atomic E-state index is 0.453. The van der Waals surface area contributed by atoms with E-state index < -0.39 is 0 Å². The van der Waals surface area contributed by atoms with E-state index in [2.05, 4.69) is 16.2 Å². The Morgan fingerprint density at radius 1 is 1.05 bits per heavy atom. The van der Waals surface area contributed by atoms with E-state index in [-0.39, 0.29) is 0 Å². The molecule has 0 bridgehead atoms. The number of hydrogen-bond donors (Lipinski definition) is 0. The molecule has 22 heavy (non-hydrogen) atoms. The monoisotopic (exact) mass is 314 g/mol. The Bertz CT molecular complexity index is 827. The van der Waals surface area contributed by atoms with Crippen LogP contribution in [0, 0.1) is 13.8 Å². The zero-order valence-electron chi connectivity index (χ0n) is 12.6. The van der Waals surface area contributed by atoms with Crippen LogP contribution in [-0.2, 0) is 0 Å². The Kier molecular flexibility index (Phi) is 3.86. The zero-order chi connectivity index (χ0) is 15.7. The minimum Gasteiger partial charge on any atom is -0.496 e. The van der Waals surface area contributed by atoms with Gasteiger partial charge in [-0.05, 0) is 43.7 Å². The van der Waals surface area contributed by atoms with Gasteiger partial charge in [-0.25, -0.2) is 0 Å². The summed E-state index contributed by atoms with van der Waals surface area (Å²) in [4.78, 5) is 4.47. The van der Waals surface area contributed by atoms with Crippen molar-refractivity contribution in [2.24, 2.45) is 0 Å². The molecule has 0 aliphatic carbocycles. The first-order valence-corrected chi connectivity index (χ1v) is 7.21. The first-order chi connectivity index (χ1) is 10.6. The maximum atomic E-state index is 6.05. The lowest BCUT2D eigenvalue weighted by molar-refractivity contribution is 0.413. The van der Waals surface area contributed by atoms with Crippen LogP contribution in [0.25, 0.3) is 22.8 Å². The summed E-state index contributed by atoms with van der Waals surface area (Å²) in [5.74, 6) is 1.58. The Hall–Kier alpha value is -2.33. The fourth-order valence-electron chi connectivity index (χ4n) is 2.35. The molecule has 2 aromatic carbocycles. The van der Waals surface area contributed by atoms with E-state index in [1.54, 1.807) is 25.3 Å². The van der Waals surface area contributed by atoms with Crippen molar-refractivity contribution in [3.05, 3.63) is 52.5 Å². The highest BCUT2D eigenvalue weighted by atomic mass is 35.5. The van der Waals surface area contributed by atoms with Crippen LogP contribution in [0.3, 0.4) is 0 Å². The normalized spacial score (nSPS) is 10.7. The molecule has 0 unspecified atom stereocenters. The molecule has 0 saturated heterocycles. The van der Waals surface area contributed by atoms with Gasteiger partial charge in [-0.3, -0.25) is 0 Å². The number of aromatic nitrogens is 2. The number of aryl methyl sites for hydroxylation is 2. The Balaban J connectivity index is 2.06. The molecule has 1 heterocycles. The second-order valence-electron chi connectivity index (χ2n) is 5.09. The summed E-state index contributed by atoms with van der Waals surface area (Å²) in [6.45, 7) is 4.07. The van der Waals surface area contributed by atoms with Gasteiger partial charge >= 0.3 is 0 Å². The van der Waals surface area contributed by atoms with Crippen LogP contribution >= 0.6 is 11.6 Å². The van der Waals surface area contributed by atoms with Gasteiger partial charge in [-0.1, -0.05) is 34.5 Å². The number of benzene rings is 2. The van der Waals surface area contributed by atoms with Crippen LogP contribution in [0.2, 0.25) is 5.02 Å². The summed E-state index contributed by atoms with van der Waals surface area (Å²) in [5, 5.41) is 4.64. The van der Waals surface area contributed by atoms with Crippen LogP contribution in [0.15, 0.2) is 40.9 Å². The second kappa shape index (κ2) is 5.81. The van der Waals surface area contributed by atoms with Crippen molar-refractivity contribution in [3.63, 3.8) is 0 Å². The van der Waals surface area contributed by atoms with Crippen molar-refractivity contribution in [1.82, 2.24) is 10.1 Å². The highest BCUT2D eigenvalue weighted by molar-refractivity contribution is 6.30. The maximum Gasteiger partial charge on any atom is 0.258 e. The Morgan fingerprint density at radius 2 is 1.86 bits per heavy atom.